The summed E-state index contributed by atoms with van der Waals surface area (Å²) < 4.78 is 2.61. The van der Waals surface area contributed by atoms with Crippen LogP contribution < -0.4 is 4.90 Å². The average molecular weight is 384 g/mol. The molecule has 106 valence electrons. The van der Waals surface area contributed by atoms with E-state index in [0.717, 1.165) is 28.0 Å². The SMILES string of the molecule is CCN(CC)c1ccc(-n2cc(I)cc2C(=O)O)cc1. The van der Waals surface area contributed by atoms with Gasteiger partial charge in [0.15, 0.2) is 0 Å². The molecule has 5 heteroatoms. The van der Waals surface area contributed by atoms with Gasteiger partial charge in [-0.15, -0.1) is 0 Å². The first-order chi connectivity index (χ1) is 9.56. The van der Waals surface area contributed by atoms with Crippen LogP contribution in [0, 0.1) is 3.57 Å². The van der Waals surface area contributed by atoms with Crippen molar-refractivity contribution in [1.29, 1.82) is 0 Å². The summed E-state index contributed by atoms with van der Waals surface area (Å²) in [5.74, 6) is -0.916. The smallest absolute Gasteiger partial charge is 0.352 e. The predicted octanol–water partition coefficient (Wildman–Crippen LogP) is 3.63. The quantitative estimate of drug-likeness (QED) is 0.801. The van der Waals surface area contributed by atoms with Crippen LogP contribution in [0.5, 0.6) is 0 Å². The predicted molar refractivity (Wildman–Crippen MR) is 89.0 cm³/mol. The van der Waals surface area contributed by atoms with Crippen molar-refractivity contribution in [1.82, 2.24) is 4.57 Å². The van der Waals surface area contributed by atoms with E-state index >= 15 is 0 Å². The first-order valence-corrected chi connectivity index (χ1v) is 7.61. The van der Waals surface area contributed by atoms with Crippen molar-refractivity contribution in [3.8, 4) is 5.69 Å². The number of carbonyl (C=O) groups is 1. The number of hydrogen-bond acceptors (Lipinski definition) is 2. The number of benzene rings is 1. The molecule has 20 heavy (non-hydrogen) atoms. The lowest BCUT2D eigenvalue weighted by atomic mass is 10.2. The van der Waals surface area contributed by atoms with E-state index < -0.39 is 5.97 Å². The van der Waals surface area contributed by atoms with Crippen LogP contribution in [0.4, 0.5) is 5.69 Å². The monoisotopic (exact) mass is 384 g/mol. The number of aromatic carboxylic acids is 1. The first-order valence-electron chi connectivity index (χ1n) is 6.53. The van der Waals surface area contributed by atoms with E-state index in [2.05, 4.69) is 41.3 Å². The molecular formula is C15H17IN2O2. The zero-order valence-electron chi connectivity index (χ0n) is 11.5. The molecule has 1 aromatic carbocycles. The molecule has 0 aliphatic carbocycles. The Morgan fingerprint density at radius 1 is 1.25 bits per heavy atom. The highest BCUT2D eigenvalue weighted by Crippen LogP contribution is 2.21. The number of aromatic nitrogens is 1. The Morgan fingerprint density at radius 2 is 1.85 bits per heavy atom. The molecule has 0 saturated heterocycles. The van der Waals surface area contributed by atoms with Gasteiger partial charge < -0.3 is 14.6 Å². The normalized spacial score (nSPS) is 10.6. The third-order valence-electron chi connectivity index (χ3n) is 3.26. The molecule has 1 heterocycles. The van der Waals surface area contributed by atoms with Crippen LogP contribution in [-0.2, 0) is 0 Å². The summed E-state index contributed by atoms with van der Waals surface area (Å²) in [6, 6.07) is 9.63. The van der Waals surface area contributed by atoms with E-state index in [4.69, 9.17) is 0 Å². The van der Waals surface area contributed by atoms with Crippen LogP contribution in [0.2, 0.25) is 0 Å². The summed E-state index contributed by atoms with van der Waals surface area (Å²) in [6.07, 6.45) is 1.83. The van der Waals surface area contributed by atoms with Crippen LogP contribution in [-0.4, -0.2) is 28.7 Å². The first kappa shape index (κ1) is 14.9. The van der Waals surface area contributed by atoms with Gasteiger partial charge in [-0.05, 0) is 66.8 Å². The molecule has 2 aromatic rings. The lowest BCUT2D eigenvalue weighted by Gasteiger charge is -2.21. The van der Waals surface area contributed by atoms with E-state index in [0.29, 0.717) is 0 Å². The van der Waals surface area contributed by atoms with Crippen LogP contribution >= 0.6 is 22.6 Å². The highest BCUT2D eigenvalue weighted by molar-refractivity contribution is 14.1. The molecule has 0 atom stereocenters. The van der Waals surface area contributed by atoms with Gasteiger partial charge in [-0.2, -0.15) is 0 Å². The van der Waals surface area contributed by atoms with E-state index in [1.807, 2.05) is 30.5 Å². The zero-order valence-corrected chi connectivity index (χ0v) is 13.7. The topological polar surface area (TPSA) is 45.5 Å². The minimum atomic E-state index is -0.916. The second kappa shape index (κ2) is 6.30. The largest absolute Gasteiger partial charge is 0.477 e. The second-order valence-electron chi connectivity index (χ2n) is 4.41. The molecule has 1 N–H and O–H groups in total. The Labute approximate surface area is 132 Å². The number of halogens is 1. The fourth-order valence-electron chi connectivity index (χ4n) is 2.22. The molecule has 2 rings (SSSR count). The second-order valence-corrected chi connectivity index (χ2v) is 5.65. The van der Waals surface area contributed by atoms with E-state index in [-0.39, 0.29) is 5.69 Å². The van der Waals surface area contributed by atoms with Crippen LogP contribution in [0.3, 0.4) is 0 Å². The highest BCUT2D eigenvalue weighted by Gasteiger charge is 2.13. The van der Waals surface area contributed by atoms with Crippen LogP contribution in [0.25, 0.3) is 5.69 Å². The minimum Gasteiger partial charge on any atom is -0.477 e. The van der Waals surface area contributed by atoms with E-state index in [9.17, 15) is 9.90 Å². The van der Waals surface area contributed by atoms with Crippen molar-refractivity contribution in [3.05, 3.63) is 45.8 Å². The Kier molecular flexibility index (Phi) is 4.69. The Balaban J connectivity index is 2.37. The number of nitrogens with zero attached hydrogens (tertiary/aromatic N) is 2. The lowest BCUT2D eigenvalue weighted by Crippen LogP contribution is -2.21. The Bertz CT molecular complexity index is 601. The average Bonchev–Trinajstić information content (AvgIpc) is 2.83. The third kappa shape index (κ3) is 2.98. The number of rotatable bonds is 5. The third-order valence-corrected chi connectivity index (χ3v) is 3.85. The van der Waals surface area contributed by atoms with E-state index in [1.54, 1.807) is 10.6 Å². The van der Waals surface area contributed by atoms with Gasteiger partial charge in [-0.3, -0.25) is 0 Å². The maximum absolute atomic E-state index is 11.2. The number of carboxylic acid groups (broad SMARTS) is 1. The van der Waals surface area contributed by atoms with Gasteiger partial charge in [-0.25, -0.2) is 4.79 Å². The van der Waals surface area contributed by atoms with Crippen molar-refractivity contribution in [2.75, 3.05) is 18.0 Å². The molecule has 0 aliphatic rings. The molecule has 0 spiro atoms. The van der Waals surface area contributed by atoms with E-state index in [1.165, 1.54) is 0 Å². The summed E-state index contributed by atoms with van der Waals surface area (Å²) in [5.41, 5.74) is 2.30. The van der Waals surface area contributed by atoms with Gasteiger partial charge in [-0.1, -0.05) is 0 Å². The summed E-state index contributed by atoms with van der Waals surface area (Å²) in [7, 11) is 0. The summed E-state index contributed by atoms with van der Waals surface area (Å²) in [5, 5.41) is 9.23. The van der Waals surface area contributed by atoms with Gasteiger partial charge >= 0.3 is 5.97 Å². The fraction of sp³-hybridized carbons (Fsp3) is 0.267. The van der Waals surface area contributed by atoms with Crippen molar-refractivity contribution < 1.29 is 9.90 Å². The summed E-state index contributed by atoms with van der Waals surface area (Å²) >= 11 is 2.12. The molecule has 0 fully saturated rings. The molecule has 1 aromatic heterocycles. The molecule has 0 saturated carbocycles. The number of anilines is 1. The fourth-order valence-corrected chi connectivity index (χ4v) is 2.80. The molecule has 0 amide bonds. The number of hydrogen-bond donors (Lipinski definition) is 1. The molecule has 0 unspecified atom stereocenters. The maximum atomic E-state index is 11.2. The highest BCUT2D eigenvalue weighted by atomic mass is 127. The Hall–Kier alpha value is -1.50. The van der Waals surface area contributed by atoms with Crippen molar-refractivity contribution in [2.45, 2.75) is 13.8 Å². The Morgan fingerprint density at radius 3 is 2.35 bits per heavy atom. The molecule has 4 nitrogen and oxygen atoms in total. The lowest BCUT2D eigenvalue weighted by molar-refractivity contribution is 0.0688. The molecule has 0 radical (unpaired) electrons. The standard InChI is InChI=1S/C15H17IN2O2/c1-3-17(4-2)12-5-7-13(8-6-12)18-10-11(16)9-14(18)15(19)20/h5-10H,3-4H2,1-2H3,(H,19,20). The minimum absolute atomic E-state index is 0.282. The van der Waals surface area contributed by atoms with Crippen LogP contribution in [0.15, 0.2) is 36.5 Å². The van der Waals surface area contributed by atoms with Crippen molar-refractivity contribution in [3.63, 3.8) is 0 Å². The number of carboxylic acids is 1. The summed E-state index contributed by atoms with van der Waals surface area (Å²) in [6.45, 7) is 6.15. The van der Waals surface area contributed by atoms with Gasteiger partial charge in [0.1, 0.15) is 5.69 Å². The summed E-state index contributed by atoms with van der Waals surface area (Å²) in [4.78, 5) is 13.5. The van der Waals surface area contributed by atoms with Crippen LogP contribution in [0.1, 0.15) is 24.3 Å². The molecule has 0 aliphatic heterocycles. The van der Waals surface area contributed by atoms with Crippen molar-refractivity contribution in [2.24, 2.45) is 0 Å². The molecular weight excluding hydrogens is 367 g/mol. The maximum Gasteiger partial charge on any atom is 0.352 e. The van der Waals surface area contributed by atoms with Crippen molar-refractivity contribution >= 4 is 34.2 Å². The van der Waals surface area contributed by atoms with Gasteiger partial charge in [0.05, 0.1) is 0 Å². The van der Waals surface area contributed by atoms with Gasteiger partial charge in [0, 0.05) is 34.2 Å². The molecule has 0 bridgehead atoms. The van der Waals surface area contributed by atoms with Gasteiger partial charge in [0.25, 0.3) is 0 Å². The zero-order chi connectivity index (χ0) is 14.7. The van der Waals surface area contributed by atoms with Gasteiger partial charge in [0.2, 0.25) is 0 Å².